The van der Waals surface area contributed by atoms with E-state index < -0.39 is 0 Å². The number of aromatic nitrogens is 2. The zero-order valence-corrected chi connectivity index (χ0v) is 10.6. The summed E-state index contributed by atoms with van der Waals surface area (Å²) >= 11 is 3.02. The second kappa shape index (κ2) is 4.76. The van der Waals surface area contributed by atoms with Gasteiger partial charge in [-0.15, -0.1) is 10.2 Å². The molecular weight excluding hydrogens is 240 g/mol. The first-order chi connectivity index (χ1) is 7.66. The summed E-state index contributed by atoms with van der Waals surface area (Å²) in [5, 5.41) is 8.91. The first kappa shape index (κ1) is 11.3. The van der Waals surface area contributed by atoms with Crippen molar-refractivity contribution in [1.29, 1.82) is 0 Å². The molecular formula is C11H10N2OS2. The molecule has 0 radical (unpaired) electrons. The Bertz CT molecular complexity index is 522. The first-order valence-corrected chi connectivity index (χ1v) is 6.38. The van der Waals surface area contributed by atoms with Gasteiger partial charge in [-0.05, 0) is 19.9 Å². The van der Waals surface area contributed by atoms with Crippen LogP contribution in [0.4, 0.5) is 0 Å². The summed E-state index contributed by atoms with van der Waals surface area (Å²) in [6, 6.07) is 7.55. The lowest BCUT2D eigenvalue weighted by Crippen LogP contribution is -1.93. The van der Waals surface area contributed by atoms with E-state index in [9.17, 15) is 4.79 Å². The fourth-order valence-corrected chi connectivity index (χ4v) is 3.21. The third kappa shape index (κ3) is 2.48. The van der Waals surface area contributed by atoms with Crippen molar-refractivity contribution in [3.05, 3.63) is 34.8 Å². The van der Waals surface area contributed by atoms with Gasteiger partial charge in [0.2, 0.25) is 0 Å². The van der Waals surface area contributed by atoms with E-state index in [2.05, 4.69) is 10.2 Å². The standard InChI is InChI=1S/C11H10N2OS2/c1-7(14)9-5-3-4-6-10(9)16-11-13-12-8(2)15-11/h3-6H,1-2H3. The Morgan fingerprint density at radius 2 is 2.06 bits per heavy atom. The van der Waals surface area contributed by atoms with Gasteiger partial charge in [0, 0.05) is 10.5 Å². The fraction of sp³-hybridized carbons (Fsp3) is 0.182. The van der Waals surface area contributed by atoms with E-state index in [0.717, 1.165) is 19.8 Å². The van der Waals surface area contributed by atoms with Crippen LogP contribution in [-0.4, -0.2) is 16.0 Å². The summed E-state index contributed by atoms with van der Waals surface area (Å²) in [5.74, 6) is 0.0735. The van der Waals surface area contributed by atoms with E-state index >= 15 is 0 Å². The van der Waals surface area contributed by atoms with Crippen LogP contribution in [0.5, 0.6) is 0 Å². The van der Waals surface area contributed by atoms with Crippen LogP contribution in [0, 0.1) is 6.92 Å². The molecule has 1 aromatic carbocycles. The number of Topliss-reactive ketones (excluding diaryl/α,β-unsaturated/α-hetero) is 1. The normalized spacial score (nSPS) is 10.4. The molecule has 3 nitrogen and oxygen atoms in total. The molecule has 2 aromatic rings. The minimum atomic E-state index is 0.0735. The van der Waals surface area contributed by atoms with Gasteiger partial charge in [-0.2, -0.15) is 0 Å². The largest absolute Gasteiger partial charge is 0.294 e. The van der Waals surface area contributed by atoms with E-state index in [-0.39, 0.29) is 5.78 Å². The number of hydrogen-bond acceptors (Lipinski definition) is 5. The van der Waals surface area contributed by atoms with Crippen LogP contribution in [0.1, 0.15) is 22.3 Å². The Balaban J connectivity index is 2.31. The van der Waals surface area contributed by atoms with Gasteiger partial charge < -0.3 is 0 Å². The molecule has 0 aliphatic rings. The number of aryl methyl sites for hydroxylation is 1. The molecule has 0 aliphatic carbocycles. The molecule has 82 valence electrons. The average molecular weight is 250 g/mol. The molecule has 1 heterocycles. The lowest BCUT2D eigenvalue weighted by Gasteiger charge is -2.02. The summed E-state index contributed by atoms with van der Waals surface area (Å²) in [4.78, 5) is 12.4. The molecule has 0 unspecified atom stereocenters. The van der Waals surface area contributed by atoms with Gasteiger partial charge in [0.05, 0.1) is 0 Å². The monoisotopic (exact) mass is 250 g/mol. The predicted molar refractivity (Wildman–Crippen MR) is 65.2 cm³/mol. The quantitative estimate of drug-likeness (QED) is 0.785. The van der Waals surface area contributed by atoms with Gasteiger partial charge in [0.1, 0.15) is 5.01 Å². The highest BCUT2D eigenvalue weighted by Crippen LogP contribution is 2.32. The maximum absolute atomic E-state index is 11.4. The third-order valence-corrected chi connectivity index (χ3v) is 3.94. The molecule has 0 N–H and O–H groups in total. The first-order valence-electron chi connectivity index (χ1n) is 4.75. The second-order valence-corrected chi connectivity index (χ2v) is 5.71. The van der Waals surface area contributed by atoms with Crippen LogP contribution in [-0.2, 0) is 0 Å². The van der Waals surface area contributed by atoms with Gasteiger partial charge >= 0.3 is 0 Å². The van der Waals surface area contributed by atoms with Crippen molar-refractivity contribution in [3.8, 4) is 0 Å². The maximum Gasteiger partial charge on any atom is 0.179 e. The summed E-state index contributed by atoms with van der Waals surface area (Å²) in [5.41, 5.74) is 0.736. The Morgan fingerprint density at radius 3 is 2.69 bits per heavy atom. The zero-order chi connectivity index (χ0) is 11.5. The SMILES string of the molecule is CC(=O)c1ccccc1Sc1nnc(C)s1. The molecule has 1 aromatic heterocycles. The summed E-state index contributed by atoms with van der Waals surface area (Å²) < 4.78 is 0.867. The molecule has 0 bridgehead atoms. The van der Waals surface area contributed by atoms with E-state index in [1.54, 1.807) is 6.92 Å². The second-order valence-electron chi connectivity index (χ2n) is 3.24. The lowest BCUT2D eigenvalue weighted by atomic mass is 10.1. The number of carbonyl (C=O) groups excluding carboxylic acids is 1. The van der Waals surface area contributed by atoms with Gasteiger partial charge in [-0.1, -0.05) is 41.3 Å². The number of carbonyl (C=O) groups is 1. The van der Waals surface area contributed by atoms with Crippen molar-refractivity contribution in [2.75, 3.05) is 0 Å². The van der Waals surface area contributed by atoms with Crippen LogP contribution in [0.15, 0.2) is 33.5 Å². The summed E-state index contributed by atoms with van der Waals surface area (Å²) in [6.45, 7) is 3.49. The van der Waals surface area contributed by atoms with Gasteiger partial charge in [0.15, 0.2) is 10.1 Å². The molecule has 0 fully saturated rings. The predicted octanol–water partition coefficient (Wildman–Crippen LogP) is 3.20. The highest BCUT2D eigenvalue weighted by molar-refractivity contribution is 8.01. The molecule has 0 amide bonds. The van der Waals surface area contributed by atoms with E-state index in [4.69, 9.17) is 0 Å². The number of rotatable bonds is 3. The highest BCUT2D eigenvalue weighted by Gasteiger charge is 2.09. The van der Waals surface area contributed by atoms with Crippen molar-refractivity contribution in [1.82, 2.24) is 10.2 Å². The molecule has 2 rings (SSSR count). The van der Waals surface area contributed by atoms with Crippen molar-refractivity contribution in [2.24, 2.45) is 0 Å². The van der Waals surface area contributed by atoms with Crippen LogP contribution in [0.2, 0.25) is 0 Å². The van der Waals surface area contributed by atoms with Crippen LogP contribution in [0.25, 0.3) is 0 Å². The number of ketones is 1. The Morgan fingerprint density at radius 1 is 1.31 bits per heavy atom. The minimum Gasteiger partial charge on any atom is -0.294 e. The summed E-state index contributed by atoms with van der Waals surface area (Å²) in [7, 11) is 0. The molecule has 0 saturated heterocycles. The van der Waals surface area contributed by atoms with Gasteiger partial charge in [-0.3, -0.25) is 4.79 Å². The fourth-order valence-electron chi connectivity index (χ4n) is 1.26. The van der Waals surface area contributed by atoms with Crippen LogP contribution >= 0.6 is 23.1 Å². The molecule has 5 heteroatoms. The van der Waals surface area contributed by atoms with Crippen LogP contribution < -0.4 is 0 Å². The molecule has 0 spiro atoms. The van der Waals surface area contributed by atoms with Crippen LogP contribution in [0.3, 0.4) is 0 Å². The maximum atomic E-state index is 11.4. The highest BCUT2D eigenvalue weighted by atomic mass is 32.2. The third-order valence-electron chi connectivity index (χ3n) is 1.97. The molecule has 16 heavy (non-hydrogen) atoms. The topological polar surface area (TPSA) is 42.9 Å². The minimum absolute atomic E-state index is 0.0735. The van der Waals surface area contributed by atoms with Crippen molar-refractivity contribution in [3.63, 3.8) is 0 Å². The number of hydrogen-bond donors (Lipinski definition) is 0. The Hall–Kier alpha value is -1.20. The van der Waals surface area contributed by atoms with E-state index in [1.807, 2.05) is 31.2 Å². The van der Waals surface area contributed by atoms with E-state index in [0.29, 0.717) is 0 Å². The lowest BCUT2D eigenvalue weighted by molar-refractivity contribution is 0.101. The van der Waals surface area contributed by atoms with Crippen molar-refractivity contribution >= 4 is 28.9 Å². The summed E-state index contributed by atoms with van der Waals surface area (Å²) in [6.07, 6.45) is 0. The van der Waals surface area contributed by atoms with Gasteiger partial charge in [0.25, 0.3) is 0 Å². The molecule has 0 aliphatic heterocycles. The Kier molecular flexibility index (Phi) is 3.36. The van der Waals surface area contributed by atoms with E-state index in [1.165, 1.54) is 23.1 Å². The smallest absolute Gasteiger partial charge is 0.179 e. The van der Waals surface area contributed by atoms with Crippen molar-refractivity contribution < 1.29 is 4.79 Å². The number of nitrogens with zero attached hydrogens (tertiary/aromatic N) is 2. The zero-order valence-electron chi connectivity index (χ0n) is 8.93. The number of benzene rings is 1. The van der Waals surface area contributed by atoms with Crippen molar-refractivity contribution in [2.45, 2.75) is 23.1 Å². The van der Waals surface area contributed by atoms with Gasteiger partial charge in [-0.25, -0.2) is 0 Å². The molecule has 0 saturated carbocycles. The molecule has 0 atom stereocenters. The average Bonchev–Trinajstić information content (AvgIpc) is 2.64. The Labute approximate surface area is 102 Å².